The highest BCUT2D eigenvalue weighted by molar-refractivity contribution is 5.95. The molecule has 1 aromatic carbocycles. The van der Waals surface area contributed by atoms with Crippen LogP contribution in [0.2, 0.25) is 0 Å². The standard InChI is InChI=1S/C19H25N3O7/c1-6-12-15(18(23)29-10(3)4)16(21-19(24)20-12)11-8-13(22(25)26)17(28-7-2)14(9-11)27-5/h8-10,16H,6-7H2,1-5H3,(H2,20,21,24). The summed E-state index contributed by atoms with van der Waals surface area (Å²) < 4.78 is 16.0. The Hall–Kier alpha value is -3.30. The van der Waals surface area contributed by atoms with Gasteiger partial charge in [-0.3, -0.25) is 10.1 Å². The Bertz CT molecular complexity index is 848. The quantitative estimate of drug-likeness (QED) is 0.385. The van der Waals surface area contributed by atoms with Gasteiger partial charge in [0.25, 0.3) is 0 Å². The molecule has 10 nitrogen and oxygen atoms in total. The van der Waals surface area contributed by atoms with Gasteiger partial charge in [-0.25, -0.2) is 9.59 Å². The zero-order chi connectivity index (χ0) is 21.7. The SMILES string of the molecule is CCOc1c(OC)cc(C2NC(=O)NC(CC)=C2C(=O)OC(C)C)cc1[N+](=O)[O-]. The van der Waals surface area contributed by atoms with Crippen LogP contribution in [0, 0.1) is 10.1 Å². The molecular formula is C19H25N3O7. The van der Waals surface area contributed by atoms with Gasteiger partial charge < -0.3 is 24.8 Å². The zero-order valence-corrected chi connectivity index (χ0v) is 17.0. The molecule has 158 valence electrons. The first-order chi connectivity index (χ1) is 13.7. The van der Waals surface area contributed by atoms with Crippen molar-refractivity contribution >= 4 is 17.7 Å². The summed E-state index contributed by atoms with van der Waals surface area (Å²) in [6.45, 7) is 7.09. The number of hydrogen-bond donors (Lipinski definition) is 2. The number of carbonyl (C=O) groups is 2. The summed E-state index contributed by atoms with van der Waals surface area (Å²) in [7, 11) is 1.35. The Morgan fingerprint density at radius 1 is 1.31 bits per heavy atom. The fourth-order valence-corrected chi connectivity index (χ4v) is 3.02. The molecule has 0 fully saturated rings. The van der Waals surface area contributed by atoms with Crippen molar-refractivity contribution in [2.45, 2.75) is 46.3 Å². The number of benzene rings is 1. The number of nitro groups is 1. The van der Waals surface area contributed by atoms with E-state index in [4.69, 9.17) is 14.2 Å². The zero-order valence-electron chi connectivity index (χ0n) is 17.0. The summed E-state index contributed by atoms with van der Waals surface area (Å²) in [4.78, 5) is 35.9. The molecule has 0 saturated carbocycles. The molecule has 2 amide bonds. The highest BCUT2D eigenvalue weighted by Crippen LogP contribution is 2.41. The van der Waals surface area contributed by atoms with Crippen LogP contribution in [0.3, 0.4) is 0 Å². The van der Waals surface area contributed by atoms with Crippen molar-refractivity contribution < 1.29 is 28.7 Å². The van der Waals surface area contributed by atoms with Gasteiger partial charge >= 0.3 is 17.7 Å². The van der Waals surface area contributed by atoms with E-state index in [2.05, 4.69) is 10.6 Å². The maximum Gasteiger partial charge on any atom is 0.338 e. The Balaban J connectivity index is 2.68. The van der Waals surface area contributed by atoms with E-state index in [0.29, 0.717) is 17.7 Å². The lowest BCUT2D eigenvalue weighted by atomic mass is 9.93. The van der Waals surface area contributed by atoms with Gasteiger partial charge in [0.2, 0.25) is 5.75 Å². The molecule has 10 heteroatoms. The smallest absolute Gasteiger partial charge is 0.338 e. The fourth-order valence-electron chi connectivity index (χ4n) is 3.02. The molecule has 2 N–H and O–H groups in total. The lowest BCUT2D eigenvalue weighted by Gasteiger charge is -2.29. The minimum atomic E-state index is -0.951. The molecule has 0 saturated heterocycles. The molecule has 0 bridgehead atoms. The van der Waals surface area contributed by atoms with E-state index in [1.54, 1.807) is 27.7 Å². The van der Waals surface area contributed by atoms with Gasteiger partial charge in [0.1, 0.15) is 0 Å². The van der Waals surface area contributed by atoms with Gasteiger partial charge in [-0.05, 0) is 38.8 Å². The third-order valence-electron chi connectivity index (χ3n) is 4.17. The van der Waals surface area contributed by atoms with Crippen molar-refractivity contribution in [3.05, 3.63) is 39.1 Å². The first-order valence-electron chi connectivity index (χ1n) is 9.24. The molecule has 1 aromatic rings. The summed E-state index contributed by atoms with van der Waals surface area (Å²) >= 11 is 0. The van der Waals surface area contributed by atoms with Crippen LogP contribution in [0.1, 0.15) is 45.7 Å². The van der Waals surface area contributed by atoms with E-state index in [9.17, 15) is 19.7 Å². The van der Waals surface area contributed by atoms with Crippen LogP contribution in [0.4, 0.5) is 10.5 Å². The van der Waals surface area contributed by atoms with Crippen molar-refractivity contribution in [2.24, 2.45) is 0 Å². The third-order valence-corrected chi connectivity index (χ3v) is 4.17. The van der Waals surface area contributed by atoms with E-state index in [1.807, 2.05) is 0 Å². The van der Waals surface area contributed by atoms with Crippen LogP contribution in [0.15, 0.2) is 23.4 Å². The highest BCUT2D eigenvalue weighted by atomic mass is 16.6. The molecule has 0 aliphatic carbocycles. The Morgan fingerprint density at radius 2 is 2.00 bits per heavy atom. The summed E-state index contributed by atoms with van der Waals surface area (Å²) in [5, 5.41) is 16.9. The molecule has 1 atom stereocenters. The molecule has 0 aromatic heterocycles. The molecule has 2 rings (SSSR count). The van der Waals surface area contributed by atoms with E-state index in [1.165, 1.54) is 19.2 Å². The van der Waals surface area contributed by atoms with Gasteiger partial charge in [-0.15, -0.1) is 0 Å². The van der Waals surface area contributed by atoms with Crippen LogP contribution < -0.4 is 20.1 Å². The molecule has 29 heavy (non-hydrogen) atoms. The summed E-state index contributed by atoms with van der Waals surface area (Å²) in [6, 6.07) is 1.29. The second-order valence-corrected chi connectivity index (χ2v) is 6.49. The largest absolute Gasteiger partial charge is 0.493 e. The number of allylic oxidation sites excluding steroid dienone is 1. The van der Waals surface area contributed by atoms with Gasteiger partial charge in [-0.2, -0.15) is 0 Å². The number of methoxy groups -OCH3 is 1. The number of nitrogens with zero attached hydrogens (tertiary/aromatic N) is 1. The normalized spacial score (nSPS) is 16.2. The number of amides is 2. The van der Waals surface area contributed by atoms with Crippen LogP contribution in [-0.4, -0.2) is 36.7 Å². The second kappa shape index (κ2) is 9.26. The Labute approximate surface area is 168 Å². The predicted molar refractivity (Wildman–Crippen MR) is 104 cm³/mol. The lowest BCUT2D eigenvalue weighted by Crippen LogP contribution is -2.46. The summed E-state index contributed by atoms with van der Waals surface area (Å²) in [5.41, 5.74) is 0.540. The third kappa shape index (κ3) is 4.76. The molecule has 1 heterocycles. The first-order valence-corrected chi connectivity index (χ1v) is 9.24. The van der Waals surface area contributed by atoms with Crippen molar-refractivity contribution in [1.82, 2.24) is 10.6 Å². The summed E-state index contributed by atoms with van der Waals surface area (Å²) in [5.74, 6) is -0.515. The average Bonchev–Trinajstić information content (AvgIpc) is 2.66. The number of nitrogens with one attached hydrogen (secondary N) is 2. The minimum Gasteiger partial charge on any atom is -0.493 e. The Morgan fingerprint density at radius 3 is 2.52 bits per heavy atom. The first kappa shape index (κ1) is 22.0. The molecule has 1 aliphatic rings. The maximum absolute atomic E-state index is 12.7. The fraction of sp³-hybridized carbons (Fsp3) is 0.474. The van der Waals surface area contributed by atoms with Crippen LogP contribution in [-0.2, 0) is 9.53 Å². The average molecular weight is 407 g/mol. The van der Waals surface area contributed by atoms with Crippen molar-refractivity contribution in [3.8, 4) is 11.5 Å². The van der Waals surface area contributed by atoms with E-state index in [-0.39, 0.29) is 35.5 Å². The number of nitro benzene ring substituents is 1. The molecule has 1 unspecified atom stereocenters. The van der Waals surface area contributed by atoms with Crippen LogP contribution in [0.5, 0.6) is 11.5 Å². The number of ether oxygens (including phenoxy) is 3. The van der Waals surface area contributed by atoms with Crippen LogP contribution in [0.25, 0.3) is 0 Å². The molecular weight excluding hydrogens is 382 g/mol. The van der Waals surface area contributed by atoms with E-state index in [0.717, 1.165) is 0 Å². The van der Waals surface area contributed by atoms with Crippen molar-refractivity contribution in [2.75, 3.05) is 13.7 Å². The monoisotopic (exact) mass is 407 g/mol. The molecule has 1 aliphatic heterocycles. The maximum atomic E-state index is 12.7. The van der Waals surface area contributed by atoms with Crippen molar-refractivity contribution in [1.29, 1.82) is 0 Å². The van der Waals surface area contributed by atoms with E-state index < -0.39 is 23.0 Å². The highest BCUT2D eigenvalue weighted by Gasteiger charge is 2.35. The number of rotatable bonds is 8. The van der Waals surface area contributed by atoms with Gasteiger partial charge in [-0.1, -0.05) is 6.92 Å². The predicted octanol–water partition coefficient (Wildman–Crippen LogP) is 2.97. The number of urea groups is 1. The van der Waals surface area contributed by atoms with Crippen LogP contribution >= 0.6 is 0 Å². The molecule has 0 radical (unpaired) electrons. The van der Waals surface area contributed by atoms with Gasteiger partial charge in [0.15, 0.2) is 5.75 Å². The Kier molecular flexibility index (Phi) is 7.03. The van der Waals surface area contributed by atoms with E-state index >= 15 is 0 Å². The number of hydrogen-bond acceptors (Lipinski definition) is 7. The number of esters is 1. The summed E-state index contributed by atoms with van der Waals surface area (Å²) in [6.07, 6.45) is -0.0153. The second-order valence-electron chi connectivity index (χ2n) is 6.49. The lowest BCUT2D eigenvalue weighted by molar-refractivity contribution is -0.386. The van der Waals surface area contributed by atoms with Crippen molar-refractivity contribution in [3.63, 3.8) is 0 Å². The topological polar surface area (TPSA) is 129 Å². The molecule has 0 spiro atoms. The minimum absolute atomic E-state index is 0.0185. The van der Waals surface area contributed by atoms with Gasteiger partial charge in [0.05, 0.1) is 36.4 Å². The van der Waals surface area contributed by atoms with Gasteiger partial charge in [0, 0.05) is 11.8 Å². The number of carbonyl (C=O) groups excluding carboxylic acids is 2.